The van der Waals surface area contributed by atoms with Crippen LogP contribution < -0.4 is 9.47 Å². The van der Waals surface area contributed by atoms with Gasteiger partial charge in [-0.15, -0.1) is 11.6 Å². The Bertz CT molecular complexity index is 586. The average molecular weight is 356 g/mol. The van der Waals surface area contributed by atoms with Gasteiger partial charge in [-0.05, 0) is 35.7 Å². The van der Waals surface area contributed by atoms with E-state index in [1.54, 1.807) is 14.2 Å². The topological polar surface area (TPSA) is 18.5 Å². The van der Waals surface area contributed by atoms with E-state index in [2.05, 4.69) is 15.9 Å². The van der Waals surface area contributed by atoms with E-state index >= 15 is 0 Å². The molecule has 0 fully saturated rings. The van der Waals surface area contributed by atoms with Crippen molar-refractivity contribution in [3.63, 3.8) is 0 Å². The molecule has 0 radical (unpaired) electrons. The third-order valence-corrected chi connectivity index (χ3v) is 4.22. The van der Waals surface area contributed by atoms with E-state index in [0.717, 1.165) is 33.5 Å². The molecule has 2 aromatic carbocycles. The highest BCUT2D eigenvalue weighted by Crippen LogP contribution is 2.33. The maximum Gasteiger partial charge on any atom is 0.160 e. The second-order valence-corrected chi connectivity index (χ2v) is 5.76. The predicted octanol–water partition coefficient (Wildman–Crippen LogP) is 4.99. The molecule has 0 saturated carbocycles. The molecule has 0 N–H and O–H groups in total. The average Bonchev–Trinajstić information content (AvgIpc) is 2.47. The fraction of sp³-hybridized carbons (Fsp3) is 0.250. The zero-order chi connectivity index (χ0) is 14.5. The molecule has 0 heterocycles. The maximum absolute atomic E-state index is 6.51. The first-order valence-electron chi connectivity index (χ1n) is 6.25. The predicted molar refractivity (Wildman–Crippen MR) is 86.0 cm³/mol. The van der Waals surface area contributed by atoms with Gasteiger partial charge >= 0.3 is 0 Å². The highest BCUT2D eigenvalue weighted by Gasteiger charge is 2.13. The molecule has 0 amide bonds. The summed E-state index contributed by atoms with van der Waals surface area (Å²) in [7, 11) is 3.26. The summed E-state index contributed by atoms with van der Waals surface area (Å²) in [4.78, 5) is 0. The van der Waals surface area contributed by atoms with Gasteiger partial charge in [0.2, 0.25) is 0 Å². The van der Waals surface area contributed by atoms with Crippen molar-refractivity contribution in [2.75, 3.05) is 14.2 Å². The first kappa shape index (κ1) is 15.2. The van der Waals surface area contributed by atoms with Gasteiger partial charge in [-0.1, -0.05) is 40.2 Å². The highest BCUT2D eigenvalue weighted by atomic mass is 79.9. The van der Waals surface area contributed by atoms with Gasteiger partial charge in [-0.3, -0.25) is 0 Å². The number of alkyl halides is 1. The lowest BCUT2D eigenvalue weighted by Crippen LogP contribution is -1.98. The van der Waals surface area contributed by atoms with E-state index < -0.39 is 0 Å². The van der Waals surface area contributed by atoms with Crippen molar-refractivity contribution >= 4 is 27.5 Å². The molecule has 0 aliphatic heterocycles. The molecular weight excluding hydrogens is 340 g/mol. The molecule has 0 aromatic heterocycles. The highest BCUT2D eigenvalue weighted by molar-refractivity contribution is 9.10. The Kier molecular flexibility index (Phi) is 5.32. The van der Waals surface area contributed by atoms with Crippen molar-refractivity contribution < 1.29 is 9.47 Å². The van der Waals surface area contributed by atoms with Crippen LogP contribution in [0.15, 0.2) is 46.9 Å². The lowest BCUT2D eigenvalue weighted by atomic mass is 10.0. The van der Waals surface area contributed by atoms with Crippen molar-refractivity contribution in [1.29, 1.82) is 0 Å². The van der Waals surface area contributed by atoms with Crippen LogP contribution in [0.1, 0.15) is 16.5 Å². The Morgan fingerprint density at radius 1 is 1.05 bits per heavy atom. The van der Waals surface area contributed by atoms with E-state index in [9.17, 15) is 0 Å². The molecule has 4 heteroatoms. The fourth-order valence-electron chi connectivity index (χ4n) is 2.05. The van der Waals surface area contributed by atoms with Crippen LogP contribution in [0.3, 0.4) is 0 Å². The summed E-state index contributed by atoms with van der Waals surface area (Å²) < 4.78 is 11.6. The van der Waals surface area contributed by atoms with E-state index in [-0.39, 0.29) is 5.38 Å². The second-order valence-electron chi connectivity index (χ2n) is 4.38. The van der Waals surface area contributed by atoms with E-state index in [1.807, 2.05) is 42.5 Å². The number of rotatable bonds is 5. The maximum atomic E-state index is 6.51. The van der Waals surface area contributed by atoms with Crippen LogP contribution in [0.25, 0.3) is 0 Å². The van der Waals surface area contributed by atoms with Crippen LogP contribution in [0.5, 0.6) is 11.5 Å². The second kappa shape index (κ2) is 7.00. The molecule has 0 aliphatic rings. The van der Waals surface area contributed by atoms with Gasteiger partial charge in [0, 0.05) is 4.47 Å². The monoisotopic (exact) mass is 354 g/mol. The third kappa shape index (κ3) is 3.47. The number of ether oxygens (including phenoxy) is 2. The minimum Gasteiger partial charge on any atom is -0.493 e. The molecule has 0 bridgehead atoms. The molecular formula is C16H16BrClO2. The Morgan fingerprint density at radius 3 is 2.40 bits per heavy atom. The van der Waals surface area contributed by atoms with Gasteiger partial charge in [0.25, 0.3) is 0 Å². The molecule has 1 atom stereocenters. The van der Waals surface area contributed by atoms with Crippen LogP contribution in [-0.4, -0.2) is 14.2 Å². The number of methoxy groups -OCH3 is 2. The molecule has 0 aliphatic carbocycles. The van der Waals surface area contributed by atoms with Crippen molar-refractivity contribution in [1.82, 2.24) is 0 Å². The quantitative estimate of drug-likeness (QED) is 0.704. The molecule has 0 spiro atoms. The Hall–Kier alpha value is -1.19. The van der Waals surface area contributed by atoms with Gasteiger partial charge in [-0.2, -0.15) is 0 Å². The van der Waals surface area contributed by atoms with Crippen molar-refractivity contribution in [3.05, 3.63) is 58.1 Å². The van der Waals surface area contributed by atoms with Gasteiger partial charge in [0.05, 0.1) is 19.6 Å². The van der Waals surface area contributed by atoms with E-state index in [4.69, 9.17) is 21.1 Å². The molecule has 2 rings (SSSR count). The number of halogens is 2. The van der Waals surface area contributed by atoms with Crippen LogP contribution >= 0.6 is 27.5 Å². The van der Waals surface area contributed by atoms with Gasteiger partial charge in [0.1, 0.15) is 0 Å². The Balaban J connectivity index is 2.20. The van der Waals surface area contributed by atoms with Crippen LogP contribution in [0.2, 0.25) is 0 Å². The van der Waals surface area contributed by atoms with Gasteiger partial charge in [0.15, 0.2) is 11.5 Å². The smallest absolute Gasteiger partial charge is 0.160 e. The lowest BCUT2D eigenvalue weighted by molar-refractivity contribution is 0.354. The summed E-state index contributed by atoms with van der Waals surface area (Å²) >= 11 is 10.0. The molecule has 1 unspecified atom stereocenters. The summed E-state index contributed by atoms with van der Waals surface area (Å²) in [5, 5.41) is -0.0938. The third-order valence-electron chi connectivity index (χ3n) is 3.11. The number of hydrogen-bond acceptors (Lipinski definition) is 2. The normalized spacial score (nSPS) is 12.0. The van der Waals surface area contributed by atoms with Crippen LogP contribution in [0, 0.1) is 0 Å². The summed E-state index contributed by atoms with van der Waals surface area (Å²) in [6, 6.07) is 13.9. The number of hydrogen-bond donors (Lipinski definition) is 0. The molecule has 0 saturated heterocycles. The largest absolute Gasteiger partial charge is 0.493 e. The van der Waals surface area contributed by atoms with Crippen LogP contribution in [-0.2, 0) is 6.42 Å². The van der Waals surface area contributed by atoms with Crippen molar-refractivity contribution in [2.45, 2.75) is 11.8 Å². The zero-order valence-corrected chi connectivity index (χ0v) is 13.7. The summed E-state index contributed by atoms with van der Waals surface area (Å²) in [5.74, 6) is 1.45. The molecule has 2 aromatic rings. The molecule has 106 valence electrons. The summed E-state index contributed by atoms with van der Waals surface area (Å²) in [6.07, 6.45) is 0.727. The van der Waals surface area contributed by atoms with Gasteiger partial charge in [-0.25, -0.2) is 0 Å². The first-order chi connectivity index (χ1) is 9.65. The lowest BCUT2D eigenvalue weighted by Gasteiger charge is -2.14. The zero-order valence-electron chi connectivity index (χ0n) is 11.4. The SMILES string of the molecule is COc1ccc(CC(Cl)c2ccccc2Br)cc1OC. The van der Waals surface area contributed by atoms with Crippen molar-refractivity contribution in [3.8, 4) is 11.5 Å². The Labute approximate surface area is 132 Å². The first-order valence-corrected chi connectivity index (χ1v) is 7.48. The fourth-order valence-corrected chi connectivity index (χ4v) is 3.11. The van der Waals surface area contributed by atoms with E-state index in [0.29, 0.717) is 0 Å². The van der Waals surface area contributed by atoms with Crippen LogP contribution in [0.4, 0.5) is 0 Å². The summed E-state index contributed by atoms with van der Waals surface area (Å²) in [5.41, 5.74) is 2.20. The molecule has 20 heavy (non-hydrogen) atoms. The minimum absolute atomic E-state index is 0.0938. The van der Waals surface area contributed by atoms with Crippen molar-refractivity contribution in [2.24, 2.45) is 0 Å². The Morgan fingerprint density at radius 2 is 1.75 bits per heavy atom. The molecule has 2 nitrogen and oxygen atoms in total. The van der Waals surface area contributed by atoms with E-state index in [1.165, 1.54) is 0 Å². The standard InChI is InChI=1S/C16H16BrClO2/c1-19-15-8-7-11(10-16(15)20-2)9-14(18)12-5-3-4-6-13(12)17/h3-8,10,14H,9H2,1-2H3. The number of benzene rings is 2. The van der Waals surface area contributed by atoms with Gasteiger partial charge < -0.3 is 9.47 Å². The summed E-state index contributed by atoms with van der Waals surface area (Å²) in [6.45, 7) is 0. The minimum atomic E-state index is -0.0938.